The Morgan fingerprint density at radius 2 is 1.81 bits per heavy atom. The molecule has 4 rings (SSSR count). The van der Waals surface area contributed by atoms with Crippen LogP contribution in [0.4, 0.5) is 0 Å². The van der Waals surface area contributed by atoms with Crippen LogP contribution in [0.25, 0.3) is 16.5 Å². The standard InChI is InChI=1S/C22H22N4O/c1-16(17-7-10-19(11-8-17)26-15-23-14-24-26)25(2)13-21-20-6-4-3-5-18(20)9-12-22(21)27/h3-12,14-16,27H,13H2,1-2H3/p+1/t16-/m0/s1. The van der Waals surface area contributed by atoms with E-state index in [1.54, 1.807) is 17.1 Å². The van der Waals surface area contributed by atoms with Crippen molar-refractivity contribution in [2.24, 2.45) is 0 Å². The Labute approximate surface area is 158 Å². The molecule has 5 nitrogen and oxygen atoms in total. The second-order valence-electron chi connectivity index (χ2n) is 6.96. The Balaban J connectivity index is 1.56. The van der Waals surface area contributed by atoms with E-state index in [4.69, 9.17) is 0 Å². The van der Waals surface area contributed by atoms with E-state index in [-0.39, 0.29) is 6.04 Å². The molecule has 0 saturated heterocycles. The number of hydrogen-bond donors (Lipinski definition) is 2. The Kier molecular flexibility index (Phi) is 4.60. The molecule has 136 valence electrons. The highest BCUT2D eigenvalue weighted by molar-refractivity contribution is 5.87. The van der Waals surface area contributed by atoms with E-state index in [1.165, 1.54) is 16.8 Å². The predicted molar refractivity (Wildman–Crippen MR) is 106 cm³/mol. The molecule has 1 aromatic heterocycles. The van der Waals surface area contributed by atoms with Crippen LogP contribution in [-0.2, 0) is 6.54 Å². The fourth-order valence-corrected chi connectivity index (χ4v) is 3.48. The fourth-order valence-electron chi connectivity index (χ4n) is 3.48. The predicted octanol–water partition coefficient (Wildman–Crippen LogP) is 2.90. The zero-order valence-electron chi connectivity index (χ0n) is 15.5. The van der Waals surface area contributed by atoms with E-state index >= 15 is 0 Å². The van der Waals surface area contributed by atoms with Crippen molar-refractivity contribution >= 4 is 10.8 Å². The number of rotatable bonds is 5. The number of benzene rings is 3. The van der Waals surface area contributed by atoms with Crippen LogP contribution in [0.2, 0.25) is 0 Å². The molecule has 0 aliphatic rings. The summed E-state index contributed by atoms with van der Waals surface area (Å²) in [6.45, 7) is 2.96. The lowest BCUT2D eigenvalue weighted by Crippen LogP contribution is -3.07. The van der Waals surface area contributed by atoms with Gasteiger partial charge in [-0.3, -0.25) is 0 Å². The van der Waals surface area contributed by atoms with Crippen molar-refractivity contribution in [3.8, 4) is 11.4 Å². The average Bonchev–Trinajstić information content (AvgIpc) is 3.24. The smallest absolute Gasteiger partial charge is 0.138 e. The van der Waals surface area contributed by atoms with E-state index in [1.807, 2.05) is 18.2 Å². The summed E-state index contributed by atoms with van der Waals surface area (Å²) in [7, 11) is 2.16. The minimum atomic E-state index is 0.285. The molecule has 0 aliphatic heterocycles. The first-order valence-corrected chi connectivity index (χ1v) is 9.10. The summed E-state index contributed by atoms with van der Waals surface area (Å²) in [6, 6.07) is 20.6. The van der Waals surface area contributed by atoms with Gasteiger partial charge in [0.1, 0.15) is 31.0 Å². The Morgan fingerprint density at radius 3 is 2.56 bits per heavy atom. The molecule has 0 saturated carbocycles. The molecule has 0 spiro atoms. The molecule has 27 heavy (non-hydrogen) atoms. The molecular weight excluding hydrogens is 336 g/mol. The molecule has 3 aromatic carbocycles. The van der Waals surface area contributed by atoms with Crippen molar-refractivity contribution in [3.63, 3.8) is 0 Å². The molecule has 5 heteroatoms. The molecule has 2 N–H and O–H groups in total. The van der Waals surface area contributed by atoms with Crippen LogP contribution in [0, 0.1) is 0 Å². The van der Waals surface area contributed by atoms with Gasteiger partial charge >= 0.3 is 0 Å². The van der Waals surface area contributed by atoms with Gasteiger partial charge < -0.3 is 10.0 Å². The first-order chi connectivity index (χ1) is 13.1. The second kappa shape index (κ2) is 7.21. The number of phenols is 1. The van der Waals surface area contributed by atoms with Crippen LogP contribution in [0.5, 0.6) is 5.75 Å². The topological polar surface area (TPSA) is 55.4 Å². The van der Waals surface area contributed by atoms with E-state index in [9.17, 15) is 5.11 Å². The van der Waals surface area contributed by atoms with E-state index in [0.717, 1.165) is 28.6 Å². The lowest BCUT2D eigenvalue weighted by Gasteiger charge is -2.23. The van der Waals surface area contributed by atoms with Crippen molar-refractivity contribution in [3.05, 3.63) is 84.4 Å². The van der Waals surface area contributed by atoms with Gasteiger partial charge in [-0.1, -0.05) is 42.5 Å². The molecule has 0 aliphatic carbocycles. The van der Waals surface area contributed by atoms with Crippen LogP contribution in [0.1, 0.15) is 24.1 Å². The number of fused-ring (bicyclic) bond motifs is 1. The van der Waals surface area contributed by atoms with Gasteiger partial charge in [0.05, 0.1) is 18.3 Å². The molecule has 1 heterocycles. The maximum Gasteiger partial charge on any atom is 0.138 e. The third kappa shape index (κ3) is 3.41. The summed E-state index contributed by atoms with van der Waals surface area (Å²) in [5.41, 5.74) is 3.24. The van der Waals surface area contributed by atoms with E-state index < -0.39 is 0 Å². The Bertz CT molecular complexity index is 1040. The van der Waals surface area contributed by atoms with Crippen molar-refractivity contribution < 1.29 is 10.0 Å². The molecule has 0 bridgehead atoms. The number of hydrogen-bond acceptors (Lipinski definition) is 3. The molecule has 0 fully saturated rings. The third-order valence-corrected chi connectivity index (χ3v) is 5.29. The number of aromatic nitrogens is 3. The van der Waals surface area contributed by atoms with E-state index in [0.29, 0.717) is 5.75 Å². The molecule has 0 radical (unpaired) electrons. The lowest BCUT2D eigenvalue weighted by molar-refractivity contribution is -0.923. The number of aromatic hydroxyl groups is 1. The fraction of sp³-hybridized carbons (Fsp3) is 0.182. The zero-order valence-corrected chi connectivity index (χ0v) is 15.5. The van der Waals surface area contributed by atoms with Crippen LogP contribution in [0.3, 0.4) is 0 Å². The highest BCUT2D eigenvalue weighted by atomic mass is 16.3. The Morgan fingerprint density at radius 1 is 1.04 bits per heavy atom. The van der Waals surface area contributed by atoms with Crippen LogP contribution in [-0.4, -0.2) is 26.9 Å². The molecule has 2 atom stereocenters. The summed E-state index contributed by atoms with van der Waals surface area (Å²) in [4.78, 5) is 5.30. The normalized spacial score (nSPS) is 13.6. The molecule has 4 aromatic rings. The van der Waals surface area contributed by atoms with Crippen LogP contribution < -0.4 is 4.90 Å². The summed E-state index contributed by atoms with van der Waals surface area (Å²) in [5, 5.41) is 16.9. The first kappa shape index (κ1) is 17.2. The number of quaternary nitrogens is 1. The minimum Gasteiger partial charge on any atom is -0.507 e. The third-order valence-electron chi connectivity index (χ3n) is 5.29. The van der Waals surface area contributed by atoms with Crippen molar-refractivity contribution in [1.29, 1.82) is 0 Å². The number of nitrogens with one attached hydrogen (secondary N) is 1. The van der Waals surface area contributed by atoms with Gasteiger partial charge in [-0.15, -0.1) is 0 Å². The van der Waals surface area contributed by atoms with Crippen molar-refractivity contribution in [2.45, 2.75) is 19.5 Å². The summed E-state index contributed by atoms with van der Waals surface area (Å²) >= 11 is 0. The maximum absolute atomic E-state index is 10.4. The quantitative estimate of drug-likeness (QED) is 0.576. The monoisotopic (exact) mass is 359 g/mol. The number of phenolic OH excluding ortho intramolecular Hbond substituents is 1. The average molecular weight is 359 g/mol. The highest BCUT2D eigenvalue weighted by Gasteiger charge is 2.19. The molecule has 0 amide bonds. The van der Waals surface area contributed by atoms with Gasteiger partial charge in [0, 0.05) is 5.56 Å². The summed E-state index contributed by atoms with van der Waals surface area (Å²) in [5.74, 6) is 0.363. The number of nitrogens with zero attached hydrogens (tertiary/aromatic N) is 3. The van der Waals surface area contributed by atoms with Gasteiger partial charge in [0.2, 0.25) is 0 Å². The summed E-state index contributed by atoms with van der Waals surface area (Å²) in [6.07, 6.45) is 3.23. The summed E-state index contributed by atoms with van der Waals surface area (Å²) < 4.78 is 1.75. The Hall–Kier alpha value is -3.18. The second-order valence-corrected chi connectivity index (χ2v) is 6.96. The molecule has 1 unspecified atom stereocenters. The van der Waals surface area contributed by atoms with E-state index in [2.05, 4.69) is 60.5 Å². The maximum atomic E-state index is 10.4. The minimum absolute atomic E-state index is 0.285. The highest BCUT2D eigenvalue weighted by Crippen LogP contribution is 2.26. The SMILES string of the molecule is C[C@@H](c1ccc(-n2cncn2)cc1)[NH+](C)Cc1c(O)ccc2ccccc12. The van der Waals surface area contributed by atoms with Gasteiger partial charge in [-0.25, -0.2) is 9.67 Å². The van der Waals surface area contributed by atoms with Gasteiger partial charge in [0.15, 0.2) is 0 Å². The van der Waals surface area contributed by atoms with Gasteiger partial charge in [-0.05, 0) is 35.9 Å². The molecular formula is C22H23N4O+. The van der Waals surface area contributed by atoms with Gasteiger partial charge in [0.25, 0.3) is 0 Å². The first-order valence-electron chi connectivity index (χ1n) is 9.10. The van der Waals surface area contributed by atoms with Crippen LogP contribution in [0.15, 0.2) is 73.3 Å². The van der Waals surface area contributed by atoms with Crippen LogP contribution >= 0.6 is 0 Å². The largest absolute Gasteiger partial charge is 0.507 e. The zero-order chi connectivity index (χ0) is 18.8. The lowest BCUT2D eigenvalue weighted by atomic mass is 10.0. The van der Waals surface area contributed by atoms with Crippen molar-refractivity contribution in [2.75, 3.05) is 7.05 Å². The van der Waals surface area contributed by atoms with Crippen molar-refractivity contribution in [1.82, 2.24) is 14.8 Å². The van der Waals surface area contributed by atoms with Gasteiger partial charge in [-0.2, -0.15) is 5.10 Å².